The Morgan fingerprint density at radius 1 is 1.16 bits per heavy atom. The van der Waals surface area contributed by atoms with Crippen LogP contribution in [0.1, 0.15) is 11.1 Å². The third kappa shape index (κ3) is 5.15. The molecule has 0 atom stereocenters. The first-order valence-electron chi connectivity index (χ1n) is 10.5. The fourth-order valence-corrected chi connectivity index (χ4v) is 3.75. The minimum atomic E-state index is -0.222. The van der Waals surface area contributed by atoms with Gasteiger partial charge in [0.2, 0.25) is 11.8 Å². The lowest BCUT2D eigenvalue weighted by Gasteiger charge is -2.27. The van der Waals surface area contributed by atoms with Crippen LogP contribution in [-0.2, 0) is 27.3 Å². The molecule has 0 spiro atoms. The zero-order chi connectivity index (χ0) is 22.3. The molecule has 0 bridgehead atoms. The molecule has 0 radical (unpaired) electrons. The van der Waals surface area contributed by atoms with Gasteiger partial charge in [0.05, 0.1) is 33.0 Å². The molecule has 166 valence electrons. The van der Waals surface area contributed by atoms with E-state index < -0.39 is 0 Å². The van der Waals surface area contributed by atoms with E-state index in [2.05, 4.69) is 10.5 Å². The van der Waals surface area contributed by atoms with E-state index >= 15 is 0 Å². The van der Waals surface area contributed by atoms with Gasteiger partial charge in [-0.3, -0.25) is 9.59 Å². The molecule has 1 N–H and O–H groups in total. The van der Waals surface area contributed by atoms with Crippen LogP contribution in [0, 0.1) is 0 Å². The number of aromatic nitrogens is 1. The second-order valence-electron chi connectivity index (χ2n) is 7.54. The highest BCUT2D eigenvalue weighted by Crippen LogP contribution is 2.20. The second kappa shape index (κ2) is 10.1. The summed E-state index contributed by atoms with van der Waals surface area (Å²) in [5.74, 6) is 0.545. The monoisotopic (exact) mass is 434 g/mol. The van der Waals surface area contributed by atoms with Crippen LogP contribution in [0.25, 0.3) is 10.9 Å². The van der Waals surface area contributed by atoms with Gasteiger partial charge in [0.1, 0.15) is 12.3 Å². The molecule has 8 heteroatoms. The number of amides is 2. The summed E-state index contributed by atoms with van der Waals surface area (Å²) in [5, 5.41) is 5.10. The standard InChI is InChI=1S/C24H26N4O4/c1-31-20-6-4-5-18(13-20)14-23(29)26-25-15-19-16-28(22-8-3-2-7-21(19)22)17-24(30)27-9-11-32-12-10-27/h2-8,13,15-16H,9-12,14,17H2,1H3,(H,26,29)/b25-15-. The summed E-state index contributed by atoms with van der Waals surface area (Å²) in [6.45, 7) is 2.63. The Hall–Kier alpha value is -3.65. The van der Waals surface area contributed by atoms with Gasteiger partial charge in [-0.25, -0.2) is 5.43 Å². The molecule has 32 heavy (non-hydrogen) atoms. The van der Waals surface area contributed by atoms with Crippen LogP contribution in [-0.4, -0.2) is 60.9 Å². The first kappa shape index (κ1) is 21.6. The number of para-hydroxylation sites is 1. The van der Waals surface area contributed by atoms with E-state index in [1.54, 1.807) is 13.3 Å². The molecule has 3 aromatic rings. The number of nitrogens with one attached hydrogen (secondary N) is 1. The molecule has 2 aromatic carbocycles. The number of nitrogens with zero attached hydrogens (tertiary/aromatic N) is 3. The summed E-state index contributed by atoms with van der Waals surface area (Å²) >= 11 is 0. The second-order valence-corrected chi connectivity index (χ2v) is 7.54. The number of carbonyl (C=O) groups is 2. The maximum Gasteiger partial charge on any atom is 0.244 e. The Kier molecular flexibility index (Phi) is 6.81. The van der Waals surface area contributed by atoms with Gasteiger partial charge in [-0.05, 0) is 23.8 Å². The first-order valence-corrected chi connectivity index (χ1v) is 10.5. The summed E-state index contributed by atoms with van der Waals surface area (Å²) in [7, 11) is 1.59. The number of methoxy groups -OCH3 is 1. The van der Waals surface area contributed by atoms with Gasteiger partial charge in [-0.2, -0.15) is 5.10 Å². The maximum atomic E-state index is 12.7. The van der Waals surface area contributed by atoms with Crippen molar-refractivity contribution in [3.05, 3.63) is 65.9 Å². The largest absolute Gasteiger partial charge is 0.497 e. The molecule has 1 aliphatic rings. The van der Waals surface area contributed by atoms with Crippen LogP contribution >= 0.6 is 0 Å². The highest BCUT2D eigenvalue weighted by atomic mass is 16.5. The maximum absolute atomic E-state index is 12.7. The number of ether oxygens (including phenoxy) is 2. The highest BCUT2D eigenvalue weighted by molar-refractivity contribution is 6.00. The molecule has 1 saturated heterocycles. The number of hydrogen-bond donors (Lipinski definition) is 1. The van der Waals surface area contributed by atoms with Crippen LogP contribution in [0.5, 0.6) is 5.75 Å². The van der Waals surface area contributed by atoms with Gasteiger partial charge in [-0.15, -0.1) is 0 Å². The third-order valence-corrected chi connectivity index (χ3v) is 5.38. The van der Waals surface area contributed by atoms with Crippen molar-refractivity contribution in [1.82, 2.24) is 14.9 Å². The summed E-state index contributed by atoms with van der Waals surface area (Å²) in [6.07, 6.45) is 3.70. The molecule has 0 aliphatic carbocycles. The van der Waals surface area contributed by atoms with Crippen molar-refractivity contribution < 1.29 is 19.1 Å². The smallest absolute Gasteiger partial charge is 0.244 e. The quantitative estimate of drug-likeness (QED) is 0.456. The predicted octanol–water partition coefficient (Wildman–Crippen LogP) is 2.20. The SMILES string of the molecule is COc1cccc(CC(=O)N/N=C\c2cn(CC(=O)N3CCOCC3)c3ccccc23)c1. The Bertz CT molecular complexity index is 1130. The van der Waals surface area contributed by atoms with Gasteiger partial charge < -0.3 is 18.9 Å². The summed E-state index contributed by atoms with van der Waals surface area (Å²) < 4.78 is 12.4. The molecule has 1 aromatic heterocycles. The van der Waals surface area contributed by atoms with Crippen LogP contribution in [0.15, 0.2) is 59.8 Å². The van der Waals surface area contributed by atoms with Gasteiger partial charge in [0.25, 0.3) is 0 Å². The lowest BCUT2D eigenvalue weighted by molar-refractivity contribution is -0.135. The summed E-state index contributed by atoms with van der Waals surface area (Å²) in [4.78, 5) is 26.8. The van der Waals surface area contributed by atoms with Crippen LogP contribution < -0.4 is 10.2 Å². The zero-order valence-electron chi connectivity index (χ0n) is 18.0. The number of hydrogen-bond acceptors (Lipinski definition) is 5. The van der Waals surface area contributed by atoms with Gasteiger partial charge in [0.15, 0.2) is 0 Å². The van der Waals surface area contributed by atoms with E-state index in [-0.39, 0.29) is 24.8 Å². The molecule has 2 amide bonds. The minimum absolute atomic E-state index is 0.0594. The zero-order valence-corrected chi connectivity index (χ0v) is 18.0. The Morgan fingerprint density at radius 3 is 2.78 bits per heavy atom. The van der Waals surface area contributed by atoms with E-state index in [1.807, 2.05) is 64.2 Å². The van der Waals surface area contributed by atoms with Crippen LogP contribution in [0.2, 0.25) is 0 Å². The Morgan fingerprint density at radius 2 is 1.97 bits per heavy atom. The predicted molar refractivity (Wildman–Crippen MR) is 122 cm³/mol. The molecule has 0 unspecified atom stereocenters. The molecule has 0 saturated carbocycles. The van der Waals surface area contributed by atoms with Gasteiger partial charge >= 0.3 is 0 Å². The van der Waals surface area contributed by atoms with Crippen LogP contribution in [0.3, 0.4) is 0 Å². The highest BCUT2D eigenvalue weighted by Gasteiger charge is 2.18. The van der Waals surface area contributed by atoms with E-state index in [4.69, 9.17) is 9.47 Å². The number of hydrazone groups is 1. The molecular weight excluding hydrogens is 408 g/mol. The van der Waals surface area contributed by atoms with Crippen molar-refractivity contribution in [1.29, 1.82) is 0 Å². The average Bonchev–Trinajstić information content (AvgIpc) is 3.17. The fourth-order valence-electron chi connectivity index (χ4n) is 3.75. The average molecular weight is 434 g/mol. The number of morpholine rings is 1. The number of carbonyl (C=O) groups excluding carboxylic acids is 2. The van der Waals surface area contributed by atoms with Crippen molar-refractivity contribution in [3.8, 4) is 5.75 Å². The molecule has 1 fully saturated rings. The normalized spacial score (nSPS) is 14.1. The number of fused-ring (bicyclic) bond motifs is 1. The van der Waals surface area contributed by atoms with Crippen molar-refractivity contribution in [3.63, 3.8) is 0 Å². The van der Waals surface area contributed by atoms with Crippen LogP contribution in [0.4, 0.5) is 0 Å². The van der Waals surface area contributed by atoms with Gasteiger partial charge in [-0.1, -0.05) is 30.3 Å². The summed E-state index contributed by atoms with van der Waals surface area (Å²) in [5.41, 5.74) is 5.19. The van der Waals surface area contributed by atoms with E-state index in [0.717, 1.165) is 22.0 Å². The topological polar surface area (TPSA) is 85.2 Å². The molecular formula is C24H26N4O4. The number of benzene rings is 2. The van der Waals surface area contributed by atoms with Gasteiger partial charge in [0, 0.05) is 35.8 Å². The molecule has 1 aliphatic heterocycles. The van der Waals surface area contributed by atoms with Crippen molar-refractivity contribution in [2.24, 2.45) is 5.10 Å². The van der Waals surface area contributed by atoms with E-state index in [9.17, 15) is 9.59 Å². The Balaban J connectivity index is 1.44. The van der Waals surface area contributed by atoms with E-state index in [1.165, 1.54) is 0 Å². The molecule has 2 heterocycles. The summed E-state index contributed by atoms with van der Waals surface area (Å²) in [6, 6.07) is 15.2. The van der Waals surface area contributed by atoms with Crippen molar-refractivity contribution in [2.45, 2.75) is 13.0 Å². The lowest BCUT2D eigenvalue weighted by atomic mass is 10.1. The molecule has 8 nitrogen and oxygen atoms in total. The molecule has 4 rings (SSSR count). The third-order valence-electron chi connectivity index (χ3n) is 5.38. The fraction of sp³-hybridized carbons (Fsp3) is 0.292. The first-order chi connectivity index (χ1) is 15.6. The van der Waals surface area contributed by atoms with Crippen molar-refractivity contribution >= 4 is 28.9 Å². The van der Waals surface area contributed by atoms with E-state index in [0.29, 0.717) is 32.1 Å². The Labute approximate surface area is 186 Å². The minimum Gasteiger partial charge on any atom is -0.497 e. The number of rotatable bonds is 7. The van der Waals surface area contributed by atoms with Crippen molar-refractivity contribution in [2.75, 3.05) is 33.4 Å². The lowest BCUT2D eigenvalue weighted by Crippen LogP contribution is -2.42.